The molecule has 2 N–H and O–H groups in total. The van der Waals surface area contributed by atoms with Gasteiger partial charge in [0.15, 0.2) is 0 Å². The minimum Gasteiger partial charge on any atom is -0.347 e. The van der Waals surface area contributed by atoms with Crippen molar-refractivity contribution in [2.75, 3.05) is 32.7 Å². The molecule has 148 valence electrons. The second kappa shape index (κ2) is 6.38. The first-order valence-corrected chi connectivity index (χ1v) is 10.6. The highest BCUT2D eigenvalue weighted by atomic mass is 16.2. The van der Waals surface area contributed by atoms with Gasteiger partial charge >= 0.3 is 6.03 Å². The summed E-state index contributed by atoms with van der Waals surface area (Å²) in [6.45, 7) is 2.36. The Bertz CT molecular complexity index is 628. The zero-order valence-electron chi connectivity index (χ0n) is 15.9. The van der Waals surface area contributed by atoms with Crippen molar-refractivity contribution in [2.24, 2.45) is 23.2 Å². The van der Waals surface area contributed by atoms with Gasteiger partial charge in [0, 0.05) is 32.6 Å². The second-order valence-corrected chi connectivity index (χ2v) is 9.74. The topological polar surface area (TPSA) is 81.8 Å². The van der Waals surface area contributed by atoms with Crippen LogP contribution in [-0.4, -0.2) is 66.4 Å². The number of urea groups is 1. The Kier molecular flexibility index (Phi) is 4.09. The molecule has 6 aliphatic rings. The van der Waals surface area contributed by atoms with E-state index >= 15 is 0 Å². The standard InChI is InChI=1S/C20H30N4O3/c25-17(9-20-6-13-3-14(7-20)5-15(4-13)8-20)21-11-18(26)23-1-2-24-16(12-23)10-22-19(24)27/h13-16H,1-12H2,(H,21,25)(H,22,27). The van der Waals surface area contributed by atoms with E-state index in [-0.39, 0.29) is 35.8 Å². The highest BCUT2D eigenvalue weighted by Crippen LogP contribution is 2.61. The smallest absolute Gasteiger partial charge is 0.317 e. The second-order valence-electron chi connectivity index (χ2n) is 9.74. The van der Waals surface area contributed by atoms with Gasteiger partial charge in [-0.15, -0.1) is 0 Å². The summed E-state index contributed by atoms with van der Waals surface area (Å²) in [6.07, 6.45) is 8.37. The molecule has 4 bridgehead atoms. The average molecular weight is 374 g/mol. The Morgan fingerprint density at radius 3 is 2.41 bits per heavy atom. The summed E-state index contributed by atoms with van der Waals surface area (Å²) >= 11 is 0. The van der Waals surface area contributed by atoms with Crippen molar-refractivity contribution in [3.05, 3.63) is 0 Å². The largest absolute Gasteiger partial charge is 0.347 e. The summed E-state index contributed by atoms with van der Waals surface area (Å²) in [5, 5.41) is 5.72. The number of amides is 4. The van der Waals surface area contributed by atoms with Crippen LogP contribution in [0, 0.1) is 23.2 Å². The molecule has 6 rings (SSSR count). The van der Waals surface area contributed by atoms with E-state index in [1.54, 1.807) is 9.80 Å². The number of hydrogen-bond acceptors (Lipinski definition) is 3. The summed E-state index contributed by atoms with van der Waals surface area (Å²) in [4.78, 5) is 40.4. The van der Waals surface area contributed by atoms with E-state index in [9.17, 15) is 14.4 Å². The average Bonchev–Trinajstić information content (AvgIpc) is 2.98. The minimum absolute atomic E-state index is 0.0315. The summed E-state index contributed by atoms with van der Waals surface area (Å²) in [5.41, 5.74) is 0.212. The van der Waals surface area contributed by atoms with Crippen LogP contribution in [0.3, 0.4) is 0 Å². The maximum absolute atomic E-state index is 12.6. The third-order valence-electron chi connectivity index (χ3n) is 7.72. The van der Waals surface area contributed by atoms with E-state index in [0.29, 0.717) is 32.6 Å². The molecule has 0 spiro atoms. The summed E-state index contributed by atoms with van der Waals surface area (Å²) in [7, 11) is 0. The van der Waals surface area contributed by atoms with Gasteiger partial charge in [0.1, 0.15) is 0 Å². The maximum Gasteiger partial charge on any atom is 0.317 e. The van der Waals surface area contributed by atoms with Crippen molar-refractivity contribution in [3.63, 3.8) is 0 Å². The van der Waals surface area contributed by atoms with Gasteiger partial charge in [-0.05, 0) is 61.7 Å². The van der Waals surface area contributed by atoms with Crippen molar-refractivity contribution >= 4 is 17.8 Å². The number of nitrogens with zero attached hydrogens (tertiary/aromatic N) is 2. The Hall–Kier alpha value is -1.79. The molecule has 1 unspecified atom stereocenters. The monoisotopic (exact) mass is 374 g/mol. The lowest BCUT2D eigenvalue weighted by Crippen LogP contribution is -2.55. The molecule has 0 aromatic carbocycles. The van der Waals surface area contributed by atoms with E-state index in [4.69, 9.17) is 0 Å². The Labute approximate surface area is 160 Å². The normalized spacial score (nSPS) is 39.3. The Morgan fingerprint density at radius 2 is 1.74 bits per heavy atom. The van der Waals surface area contributed by atoms with Crippen LogP contribution >= 0.6 is 0 Å². The summed E-state index contributed by atoms with van der Waals surface area (Å²) in [5.74, 6) is 2.52. The fraction of sp³-hybridized carbons (Fsp3) is 0.850. The van der Waals surface area contributed by atoms with Gasteiger partial charge in [0.05, 0.1) is 12.6 Å². The zero-order valence-corrected chi connectivity index (χ0v) is 15.9. The molecular formula is C20H30N4O3. The highest BCUT2D eigenvalue weighted by Gasteiger charge is 2.51. The van der Waals surface area contributed by atoms with Crippen LogP contribution in [0.5, 0.6) is 0 Å². The fourth-order valence-electron chi connectivity index (χ4n) is 7.03. The van der Waals surface area contributed by atoms with Gasteiger partial charge in [-0.25, -0.2) is 4.79 Å². The molecule has 4 aliphatic carbocycles. The van der Waals surface area contributed by atoms with Gasteiger partial charge < -0.3 is 20.4 Å². The summed E-state index contributed by atoms with van der Waals surface area (Å²) in [6, 6.07) is 0.0360. The van der Waals surface area contributed by atoms with E-state index in [1.165, 1.54) is 38.5 Å². The number of fused-ring (bicyclic) bond motifs is 1. The van der Waals surface area contributed by atoms with Crippen LogP contribution in [0.25, 0.3) is 0 Å². The van der Waals surface area contributed by atoms with Crippen LogP contribution in [0.2, 0.25) is 0 Å². The molecule has 27 heavy (non-hydrogen) atoms. The van der Waals surface area contributed by atoms with Gasteiger partial charge in [0.25, 0.3) is 0 Å². The molecular weight excluding hydrogens is 344 g/mol. The quantitative estimate of drug-likeness (QED) is 0.769. The SMILES string of the molecule is O=C(CC12CC3CC(CC(C3)C1)C2)NCC(=O)N1CCN2C(=O)NCC2C1. The first kappa shape index (κ1) is 17.3. The molecule has 2 heterocycles. The van der Waals surface area contributed by atoms with Gasteiger partial charge in [-0.1, -0.05) is 0 Å². The van der Waals surface area contributed by atoms with E-state index in [0.717, 1.165) is 17.8 Å². The van der Waals surface area contributed by atoms with Gasteiger partial charge in [-0.3, -0.25) is 9.59 Å². The predicted octanol–water partition coefficient (Wildman–Crippen LogP) is 0.945. The van der Waals surface area contributed by atoms with E-state index in [2.05, 4.69) is 10.6 Å². The molecule has 2 aliphatic heterocycles. The van der Waals surface area contributed by atoms with Crippen molar-refractivity contribution < 1.29 is 14.4 Å². The van der Waals surface area contributed by atoms with Crippen LogP contribution in [0.4, 0.5) is 4.79 Å². The van der Waals surface area contributed by atoms with Crippen LogP contribution < -0.4 is 10.6 Å². The molecule has 4 saturated carbocycles. The maximum atomic E-state index is 12.6. The molecule has 1 atom stereocenters. The molecule has 2 saturated heterocycles. The third-order valence-corrected chi connectivity index (χ3v) is 7.72. The molecule has 0 aromatic heterocycles. The molecule has 0 radical (unpaired) electrons. The van der Waals surface area contributed by atoms with Crippen molar-refractivity contribution in [2.45, 2.75) is 51.0 Å². The van der Waals surface area contributed by atoms with Gasteiger partial charge in [0.2, 0.25) is 11.8 Å². The van der Waals surface area contributed by atoms with Crippen molar-refractivity contribution in [1.29, 1.82) is 0 Å². The van der Waals surface area contributed by atoms with Gasteiger partial charge in [-0.2, -0.15) is 0 Å². The van der Waals surface area contributed by atoms with Crippen molar-refractivity contribution in [1.82, 2.24) is 20.4 Å². The van der Waals surface area contributed by atoms with E-state index in [1.807, 2.05) is 0 Å². The Morgan fingerprint density at radius 1 is 1.07 bits per heavy atom. The number of piperazine rings is 1. The molecule has 7 nitrogen and oxygen atoms in total. The molecule has 7 heteroatoms. The van der Waals surface area contributed by atoms with Crippen LogP contribution in [-0.2, 0) is 9.59 Å². The molecule has 6 fully saturated rings. The lowest BCUT2D eigenvalue weighted by atomic mass is 9.49. The minimum atomic E-state index is -0.0344. The van der Waals surface area contributed by atoms with Crippen LogP contribution in [0.1, 0.15) is 44.9 Å². The molecule has 0 aromatic rings. The number of carbonyl (C=O) groups excluding carboxylic acids is 3. The summed E-state index contributed by atoms with van der Waals surface area (Å²) < 4.78 is 0. The zero-order chi connectivity index (χ0) is 18.6. The number of nitrogens with one attached hydrogen (secondary N) is 2. The highest BCUT2D eigenvalue weighted by molar-refractivity contribution is 5.85. The Balaban J connectivity index is 1.11. The first-order valence-electron chi connectivity index (χ1n) is 10.6. The van der Waals surface area contributed by atoms with Crippen molar-refractivity contribution in [3.8, 4) is 0 Å². The lowest BCUT2D eigenvalue weighted by molar-refractivity contribution is -0.136. The van der Waals surface area contributed by atoms with E-state index < -0.39 is 0 Å². The predicted molar refractivity (Wildman–Crippen MR) is 98.7 cm³/mol. The number of hydrogen-bond donors (Lipinski definition) is 2. The molecule has 4 amide bonds. The van der Waals surface area contributed by atoms with Crippen LogP contribution in [0.15, 0.2) is 0 Å². The fourth-order valence-corrected chi connectivity index (χ4v) is 7.03. The number of carbonyl (C=O) groups is 3. The lowest BCUT2D eigenvalue weighted by Gasteiger charge is -2.56. The number of rotatable bonds is 4. The first-order chi connectivity index (χ1) is 13.0. The third kappa shape index (κ3) is 3.19.